The number of rotatable bonds is 1. The second-order valence-electron chi connectivity index (χ2n) is 4.85. The Kier molecular flexibility index (Phi) is 2.83. The zero-order valence-corrected chi connectivity index (χ0v) is 10.3. The van der Waals surface area contributed by atoms with Crippen molar-refractivity contribution in [2.24, 2.45) is 5.92 Å². The number of aliphatic hydroxyl groups is 1. The van der Waals surface area contributed by atoms with Crippen molar-refractivity contribution in [1.82, 2.24) is 15.0 Å². The maximum absolute atomic E-state index is 9.93. The number of hydrogen-bond donors (Lipinski definition) is 1. The van der Waals surface area contributed by atoms with E-state index in [0.29, 0.717) is 18.1 Å². The van der Waals surface area contributed by atoms with Gasteiger partial charge in [-0.2, -0.15) is 0 Å². The van der Waals surface area contributed by atoms with Crippen molar-refractivity contribution in [3.63, 3.8) is 0 Å². The third-order valence-electron chi connectivity index (χ3n) is 3.56. The molecular weight excluding hydrogens is 228 g/mol. The lowest BCUT2D eigenvalue weighted by Crippen LogP contribution is -2.43. The molecule has 5 heteroatoms. The van der Waals surface area contributed by atoms with Crippen molar-refractivity contribution < 1.29 is 5.11 Å². The number of anilines is 1. The van der Waals surface area contributed by atoms with Gasteiger partial charge in [-0.05, 0) is 24.5 Å². The summed E-state index contributed by atoms with van der Waals surface area (Å²) in [5.41, 5.74) is 1.45. The first-order valence-corrected chi connectivity index (χ1v) is 6.25. The Bertz CT molecular complexity index is 559. The topological polar surface area (TPSA) is 62.1 Å². The molecule has 1 fully saturated rings. The lowest BCUT2D eigenvalue weighted by molar-refractivity contribution is 0.102. The lowest BCUT2D eigenvalue weighted by atomic mass is 9.96. The molecule has 0 spiro atoms. The highest BCUT2D eigenvalue weighted by Crippen LogP contribution is 2.22. The van der Waals surface area contributed by atoms with Crippen LogP contribution in [0.15, 0.2) is 24.5 Å². The smallest absolute Gasteiger partial charge is 0.180 e. The van der Waals surface area contributed by atoms with Crippen LogP contribution in [-0.2, 0) is 0 Å². The van der Waals surface area contributed by atoms with Crippen LogP contribution in [0.4, 0.5) is 5.82 Å². The Labute approximate surface area is 106 Å². The van der Waals surface area contributed by atoms with Crippen LogP contribution in [0.5, 0.6) is 0 Å². The molecule has 0 amide bonds. The van der Waals surface area contributed by atoms with E-state index in [4.69, 9.17) is 0 Å². The van der Waals surface area contributed by atoms with Gasteiger partial charge in [-0.3, -0.25) is 4.98 Å². The van der Waals surface area contributed by atoms with E-state index >= 15 is 0 Å². The highest BCUT2D eigenvalue weighted by molar-refractivity contribution is 5.71. The first kappa shape index (κ1) is 11.3. The molecule has 1 aliphatic heterocycles. The van der Waals surface area contributed by atoms with E-state index in [-0.39, 0.29) is 6.10 Å². The molecule has 18 heavy (non-hydrogen) atoms. The van der Waals surface area contributed by atoms with Gasteiger partial charge < -0.3 is 10.0 Å². The Morgan fingerprint density at radius 3 is 2.94 bits per heavy atom. The molecule has 2 aromatic heterocycles. The van der Waals surface area contributed by atoms with Gasteiger partial charge in [-0.25, -0.2) is 9.97 Å². The van der Waals surface area contributed by atoms with E-state index in [0.717, 1.165) is 24.3 Å². The first-order valence-electron chi connectivity index (χ1n) is 6.25. The number of fused-ring (bicyclic) bond motifs is 1. The maximum atomic E-state index is 9.93. The van der Waals surface area contributed by atoms with Crippen molar-refractivity contribution >= 4 is 17.0 Å². The molecule has 0 aromatic carbocycles. The summed E-state index contributed by atoms with van der Waals surface area (Å²) >= 11 is 0. The molecule has 2 atom stereocenters. The van der Waals surface area contributed by atoms with Crippen molar-refractivity contribution in [2.75, 3.05) is 18.0 Å². The molecule has 94 valence electrons. The number of piperidine rings is 1. The number of aromatic nitrogens is 3. The normalized spacial score (nSPS) is 24.4. The highest BCUT2D eigenvalue weighted by atomic mass is 16.3. The average molecular weight is 244 g/mol. The van der Waals surface area contributed by atoms with Crippen LogP contribution in [0.2, 0.25) is 0 Å². The van der Waals surface area contributed by atoms with Gasteiger partial charge in [0.1, 0.15) is 11.3 Å². The van der Waals surface area contributed by atoms with Crippen molar-refractivity contribution in [3.8, 4) is 0 Å². The summed E-state index contributed by atoms with van der Waals surface area (Å²) in [4.78, 5) is 15.0. The monoisotopic (exact) mass is 244 g/mol. The summed E-state index contributed by atoms with van der Waals surface area (Å²) in [6.45, 7) is 3.65. The minimum absolute atomic E-state index is 0.280. The molecule has 0 bridgehead atoms. The molecule has 1 N–H and O–H groups in total. The van der Waals surface area contributed by atoms with Crippen LogP contribution in [0, 0.1) is 5.92 Å². The minimum Gasteiger partial charge on any atom is -0.391 e. The van der Waals surface area contributed by atoms with Gasteiger partial charge >= 0.3 is 0 Å². The predicted molar refractivity (Wildman–Crippen MR) is 69.3 cm³/mol. The van der Waals surface area contributed by atoms with Gasteiger partial charge in [-0.15, -0.1) is 0 Å². The van der Waals surface area contributed by atoms with Crippen LogP contribution < -0.4 is 4.90 Å². The summed E-state index contributed by atoms with van der Waals surface area (Å²) in [6, 6.07) is 3.87. The van der Waals surface area contributed by atoms with E-state index in [2.05, 4.69) is 26.8 Å². The van der Waals surface area contributed by atoms with E-state index < -0.39 is 0 Å². The molecule has 1 saturated heterocycles. The maximum Gasteiger partial charge on any atom is 0.180 e. The molecule has 0 aliphatic carbocycles. The Balaban J connectivity index is 1.90. The molecule has 0 saturated carbocycles. The second-order valence-corrected chi connectivity index (χ2v) is 4.85. The van der Waals surface area contributed by atoms with Crippen molar-refractivity contribution in [1.29, 1.82) is 0 Å². The van der Waals surface area contributed by atoms with Crippen LogP contribution in [0.25, 0.3) is 11.2 Å². The molecule has 2 aromatic rings. The predicted octanol–water partition coefficient (Wildman–Crippen LogP) is 1.23. The molecule has 3 heterocycles. The number of pyridine rings is 1. The summed E-state index contributed by atoms with van der Waals surface area (Å²) < 4.78 is 0. The standard InChI is InChI=1S/C13H16N4O/c1-9-4-7-17(8-11(9)18)12-3-2-10-13(16-12)15-6-5-14-10/h2-3,5-6,9,11,18H,4,7-8H2,1H3. The second kappa shape index (κ2) is 4.49. The number of hydrogen-bond acceptors (Lipinski definition) is 5. The number of aliphatic hydroxyl groups excluding tert-OH is 1. The summed E-state index contributed by atoms with van der Waals surface area (Å²) in [5.74, 6) is 1.23. The van der Waals surface area contributed by atoms with Crippen LogP contribution in [0.3, 0.4) is 0 Å². The molecule has 3 rings (SSSR count). The van der Waals surface area contributed by atoms with E-state index in [1.807, 2.05) is 12.1 Å². The van der Waals surface area contributed by atoms with Crippen LogP contribution in [-0.4, -0.2) is 39.3 Å². The Hall–Kier alpha value is -1.75. The van der Waals surface area contributed by atoms with Crippen LogP contribution >= 0.6 is 0 Å². The fourth-order valence-corrected chi connectivity index (χ4v) is 2.28. The summed E-state index contributed by atoms with van der Waals surface area (Å²) in [6.07, 6.45) is 4.02. The van der Waals surface area contributed by atoms with E-state index in [1.165, 1.54) is 0 Å². The quantitative estimate of drug-likeness (QED) is 0.817. The molecule has 2 unspecified atom stereocenters. The Morgan fingerprint density at radius 1 is 1.28 bits per heavy atom. The fraction of sp³-hybridized carbons (Fsp3) is 0.462. The lowest BCUT2D eigenvalue weighted by Gasteiger charge is -2.35. The zero-order valence-electron chi connectivity index (χ0n) is 10.3. The third-order valence-corrected chi connectivity index (χ3v) is 3.56. The van der Waals surface area contributed by atoms with Gasteiger partial charge in [0.05, 0.1) is 6.10 Å². The average Bonchev–Trinajstić information content (AvgIpc) is 2.41. The molecular formula is C13H16N4O. The number of β-amino-alcohol motifs (C(OH)–C–C–N with tert-alkyl or cyclic N) is 1. The Morgan fingerprint density at radius 2 is 2.11 bits per heavy atom. The minimum atomic E-state index is -0.280. The molecule has 5 nitrogen and oxygen atoms in total. The first-order chi connectivity index (χ1) is 8.74. The van der Waals surface area contributed by atoms with Crippen molar-refractivity contribution in [3.05, 3.63) is 24.5 Å². The zero-order chi connectivity index (χ0) is 12.5. The third kappa shape index (κ3) is 2.01. The highest BCUT2D eigenvalue weighted by Gasteiger charge is 2.25. The van der Waals surface area contributed by atoms with Gasteiger partial charge in [0.2, 0.25) is 0 Å². The summed E-state index contributed by atoms with van der Waals surface area (Å²) in [7, 11) is 0. The fourth-order valence-electron chi connectivity index (χ4n) is 2.28. The van der Waals surface area contributed by atoms with Gasteiger partial charge in [0.15, 0.2) is 5.65 Å². The molecule has 1 aliphatic rings. The van der Waals surface area contributed by atoms with Gasteiger partial charge in [0.25, 0.3) is 0 Å². The van der Waals surface area contributed by atoms with Crippen molar-refractivity contribution in [2.45, 2.75) is 19.4 Å². The van der Waals surface area contributed by atoms with Crippen LogP contribution in [0.1, 0.15) is 13.3 Å². The SMILES string of the molecule is CC1CCN(c2ccc3nccnc3n2)CC1O. The molecule has 0 radical (unpaired) electrons. The van der Waals surface area contributed by atoms with E-state index in [1.54, 1.807) is 12.4 Å². The van der Waals surface area contributed by atoms with Gasteiger partial charge in [-0.1, -0.05) is 6.92 Å². The largest absolute Gasteiger partial charge is 0.391 e. The van der Waals surface area contributed by atoms with E-state index in [9.17, 15) is 5.11 Å². The number of nitrogens with zero attached hydrogens (tertiary/aromatic N) is 4. The van der Waals surface area contributed by atoms with Gasteiger partial charge in [0, 0.05) is 25.5 Å². The summed E-state index contributed by atoms with van der Waals surface area (Å²) in [5, 5.41) is 9.93.